The third-order valence-electron chi connectivity index (χ3n) is 5.36. The number of hydrogen-bond acceptors (Lipinski definition) is 6. The maximum absolute atomic E-state index is 12.7. The van der Waals surface area contributed by atoms with Crippen LogP contribution in [0.25, 0.3) is 0 Å². The molecule has 0 aromatic carbocycles. The first-order valence-electron chi connectivity index (χ1n) is 9.01. The van der Waals surface area contributed by atoms with E-state index in [1.807, 2.05) is 24.9 Å². The van der Waals surface area contributed by atoms with Gasteiger partial charge in [-0.3, -0.25) is 9.89 Å². The Balaban J connectivity index is 1.45. The molecule has 2 aromatic heterocycles. The van der Waals surface area contributed by atoms with Crippen molar-refractivity contribution in [2.45, 2.75) is 37.8 Å². The number of aryl methyl sites for hydroxylation is 1. The zero-order valence-corrected chi connectivity index (χ0v) is 15.2. The number of amides is 1. The molecule has 26 heavy (non-hydrogen) atoms. The first-order chi connectivity index (χ1) is 12.6. The molecule has 4 heterocycles. The minimum absolute atomic E-state index is 0.0276. The number of piperidine rings is 1. The molecule has 4 rings (SSSR count). The third kappa shape index (κ3) is 3.16. The average molecular weight is 356 g/mol. The van der Waals surface area contributed by atoms with Crippen LogP contribution in [0.5, 0.6) is 0 Å². The highest BCUT2D eigenvalue weighted by Gasteiger charge is 2.46. The van der Waals surface area contributed by atoms with Gasteiger partial charge in [-0.05, 0) is 31.9 Å². The maximum atomic E-state index is 12.7. The summed E-state index contributed by atoms with van der Waals surface area (Å²) in [7, 11) is 2.00. The molecule has 8 nitrogen and oxygen atoms in total. The van der Waals surface area contributed by atoms with E-state index in [9.17, 15) is 4.79 Å². The fraction of sp³-hybridized carbons (Fsp3) is 0.556. The van der Waals surface area contributed by atoms with E-state index >= 15 is 0 Å². The normalized spacial score (nSPS) is 25.6. The summed E-state index contributed by atoms with van der Waals surface area (Å²) >= 11 is 0. The van der Waals surface area contributed by atoms with E-state index in [0.29, 0.717) is 24.8 Å². The second-order valence-corrected chi connectivity index (χ2v) is 7.28. The third-order valence-corrected chi connectivity index (χ3v) is 5.36. The van der Waals surface area contributed by atoms with Crippen LogP contribution in [0.2, 0.25) is 0 Å². The summed E-state index contributed by atoms with van der Waals surface area (Å²) in [6.45, 7) is 3.88. The van der Waals surface area contributed by atoms with Crippen LogP contribution in [-0.2, 0) is 4.74 Å². The van der Waals surface area contributed by atoms with Gasteiger partial charge in [0.05, 0.1) is 24.8 Å². The van der Waals surface area contributed by atoms with E-state index < -0.39 is 0 Å². The first kappa shape index (κ1) is 17.0. The largest absolute Gasteiger partial charge is 0.371 e. The summed E-state index contributed by atoms with van der Waals surface area (Å²) in [5, 5.41) is 6.95. The van der Waals surface area contributed by atoms with Gasteiger partial charge in [-0.25, -0.2) is 9.97 Å². The Morgan fingerprint density at radius 3 is 2.96 bits per heavy atom. The molecule has 0 aliphatic carbocycles. The summed E-state index contributed by atoms with van der Waals surface area (Å²) in [6.07, 6.45) is 6.27. The van der Waals surface area contributed by atoms with Crippen molar-refractivity contribution in [1.29, 1.82) is 0 Å². The van der Waals surface area contributed by atoms with E-state index in [1.165, 1.54) is 0 Å². The van der Waals surface area contributed by atoms with E-state index in [-0.39, 0.29) is 17.6 Å². The number of aromatic amines is 1. The summed E-state index contributed by atoms with van der Waals surface area (Å²) in [5.41, 5.74) is 1.08. The van der Waals surface area contributed by atoms with Gasteiger partial charge >= 0.3 is 0 Å². The smallest absolute Gasteiger partial charge is 0.274 e. The standard InChI is InChI=1S/C18H24N6O2/c1-13-9-15(22-21-13)16(25)24-8-3-5-18(12-24)10-14(11-26-18)23(2)17-19-6-4-7-20-17/h4,6-7,9,14H,3,5,8,10-12H2,1-2H3,(H,21,22). The van der Waals surface area contributed by atoms with Crippen molar-refractivity contribution in [3.63, 3.8) is 0 Å². The zero-order valence-electron chi connectivity index (χ0n) is 15.2. The van der Waals surface area contributed by atoms with Crippen LogP contribution in [0.3, 0.4) is 0 Å². The molecule has 138 valence electrons. The van der Waals surface area contributed by atoms with Gasteiger partial charge in [0.25, 0.3) is 5.91 Å². The van der Waals surface area contributed by atoms with Gasteiger partial charge in [0.15, 0.2) is 0 Å². The maximum Gasteiger partial charge on any atom is 0.274 e. The van der Waals surface area contributed by atoms with Crippen LogP contribution < -0.4 is 4.90 Å². The van der Waals surface area contributed by atoms with Crippen LogP contribution in [0, 0.1) is 6.92 Å². The zero-order chi connectivity index (χ0) is 18.1. The van der Waals surface area contributed by atoms with Crippen molar-refractivity contribution in [1.82, 2.24) is 25.1 Å². The van der Waals surface area contributed by atoms with Gasteiger partial charge in [-0.1, -0.05) is 0 Å². The number of nitrogens with one attached hydrogen (secondary N) is 1. The highest BCUT2D eigenvalue weighted by atomic mass is 16.5. The van der Waals surface area contributed by atoms with Crippen molar-refractivity contribution < 1.29 is 9.53 Å². The van der Waals surface area contributed by atoms with E-state index in [2.05, 4.69) is 25.1 Å². The predicted molar refractivity (Wildman–Crippen MR) is 96.0 cm³/mol. The Hall–Kier alpha value is -2.48. The van der Waals surface area contributed by atoms with Gasteiger partial charge in [-0.15, -0.1) is 0 Å². The van der Waals surface area contributed by atoms with Gasteiger partial charge in [0.2, 0.25) is 5.95 Å². The van der Waals surface area contributed by atoms with Crippen molar-refractivity contribution in [2.75, 3.05) is 31.6 Å². The molecule has 8 heteroatoms. The fourth-order valence-corrected chi connectivity index (χ4v) is 3.95. The number of hydrogen-bond donors (Lipinski definition) is 1. The topological polar surface area (TPSA) is 87.2 Å². The van der Waals surface area contributed by atoms with Gasteiger partial charge in [0.1, 0.15) is 5.69 Å². The van der Waals surface area contributed by atoms with Gasteiger partial charge in [-0.2, -0.15) is 5.10 Å². The van der Waals surface area contributed by atoms with Crippen molar-refractivity contribution >= 4 is 11.9 Å². The second-order valence-electron chi connectivity index (χ2n) is 7.28. The number of rotatable bonds is 3. The number of aromatic nitrogens is 4. The molecule has 2 saturated heterocycles. The van der Waals surface area contributed by atoms with E-state index in [0.717, 1.165) is 31.5 Å². The van der Waals surface area contributed by atoms with Crippen molar-refractivity contribution in [2.24, 2.45) is 0 Å². The van der Waals surface area contributed by atoms with Crippen molar-refractivity contribution in [3.05, 3.63) is 35.9 Å². The fourth-order valence-electron chi connectivity index (χ4n) is 3.95. The van der Waals surface area contributed by atoms with Crippen LogP contribution >= 0.6 is 0 Å². The number of likely N-dealkylation sites (tertiary alicyclic amines) is 1. The monoisotopic (exact) mass is 356 g/mol. The Bertz CT molecular complexity index is 779. The molecule has 2 fully saturated rings. The van der Waals surface area contributed by atoms with Crippen LogP contribution in [0.1, 0.15) is 35.4 Å². The average Bonchev–Trinajstić information content (AvgIpc) is 3.28. The van der Waals surface area contributed by atoms with Crippen LogP contribution in [-0.4, -0.2) is 69.4 Å². The summed E-state index contributed by atoms with van der Waals surface area (Å²) in [6, 6.07) is 3.81. The Labute approximate surface area is 152 Å². The van der Waals surface area contributed by atoms with E-state index in [4.69, 9.17) is 4.74 Å². The molecule has 2 aromatic rings. The minimum Gasteiger partial charge on any atom is -0.371 e. The number of carbonyl (C=O) groups excluding carboxylic acids is 1. The minimum atomic E-state index is -0.285. The molecule has 2 aliphatic heterocycles. The summed E-state index contributed by atoms with van der Waals surface area (Å²) in [4.78, 5) is 25.3. The van der Waals surface area contributed by atoms with Crippen molar-refractivity contribution in [3.8, 4) is 0 Å². The van der Waals surface area contributed by atoms with E-state index in [1.54, 1.807) is 18.5 Å². The summed E-state index contributed by atoms with van der Waals surface area (Å²) in [5.74, 6) is 0.675. The SMILES string of the molecule is Cc1cc(C(=O)N2CCCC3(CC(N(C)c4ncccn4)CO3)C2)n[nH]1. The number of carbonyl (C=O) groups is 1. The molecule has 1 spiro atoms. The molecular formula is C18H24N6O2. The molecule has 0 radical (unpaired) electrons. The number of nitrogens with zero attached hydrogens (tertiary/aromatic N) is 5. The van der Waals surface area contributed by atoms with Gasteiger partial charge in [0, 0.05) is 38.1 Å². The number of anilines is 1. The molecule has 1 N–H and O–H groups in total. The number of H-pyrrole nitrogens is 1. The molecule has 2 unspecified atom stereocenters. The Morgan fingerprint density at radius 1 is 1.42 bits per heavy atom. The van der Waals surface area contributed by atoms with Crippen LogP contribution in [0.4, 0.5) is 5.95 Å². The lowest BCUT2D eigenvalue weighted by Gasteiger charge is -2.39. The number of likely N-dealkylation sites (N-methyl/N-ethyl adjacent to an activating group) is 1. The second kappa shape index (κ2) is 6.68. The molecule has 0 saturated carbocycles. The molecular weight excluding hydrogens is 332 g/mol. The quantitative estimate of drug-likeness (QED) is 0.895. The highest BCUT2D eigenvalue weighted by molar-refractivity contribution is 5.92. The number of ether oxygens (including phenoxy) is 1. The van der Waals surface area contributed by atoms with Gasteiger partial charge < -0.3 is 14.5 Å². The molecule has 2 atom stereocenters. The van der Waals surface area contributed by atoms with Crippen LogP contribution in [0.15, 0.2) is 24.5 Å². The first-order valence-corrected chi connectivity index (χ1v) is 9.01. The Morgan fingerprint density at radius 2 is 2.23 bits per heavy atom. The lowest BCUT2D eigenvalue weighted by Crippen LogP contribution is -2.50. The lowest BCUT2D eigenvalue weighted by atomic mass is 9.88. The summed E-state index contributed by atoms with van der Waals surface area (Å²) < 4.78 is 6.24. The molecule has 2 aliphatic rings. The highest BCUT2D eigenvalue weighted by Crippen LogP contribution is 2.37. The molecule has 1 amide bonds. The lowest BCUT2D eigenvalue weighted by molar-refractivity contribution is -0.0448. The molecule has 0 bridgehead atoms. The Kier molecular flexibility index (Phi) is 4.36. The predicted octanol–water partition coefficient (Wildman–Crippen LogP) is 1.41.